The third-order valence-electron chi connectivity index (χ3n) is 2.80. The van der Waals surface area contributed by atoms with E-state index >= 15 is 0 Å². The second-order valence-corrected chi connectivity index (χ2v) is 5.83. The fourth-order valence-corrected chi connectivity index (χ4v) is 1.69. The monoisotopic (exact) mass is 271 g/mol. The third kappa shape index (κ3) is 3.60. The Morgan fingerprint density at radius 3 is 2.50 bits per heavy atom. The van der Waals surface area contributed by atoms with Crippen LogP contribution in [-0.4, -0.2) is 17.4 Å². The van der Waals surface area contributed by atoms with Crippen LogP contribution in [0.15, 0.2) is 18.2 Å². The second kappa shape index (κ2) is 5.57. The van der Waals surface area contributed by atoms with Crippen molar-refractivity contribution >= 4 is 17.3 Å². The zero-order valence-corrected chi connectivity index (χ0v) is 11.8. The molecule has 0 aliphatic rings. The van der Waals surface area contributed by atoms with Gasteiger partial charge in [0.1, 0.15) is 0 Å². The van der Waals surface area contributed by atoms with Crippen LogP contribution >= 0.6 is 11.6 Å². The lowest BCUT2D eigenvalue weighted by molar-refractivity contribution is -0.385. The van der Waals surface area contributed by atoms with Crippen molar-refractivity contribution < 1.29 is 9.66 Å². The molecule has 0 aliphatic carbocycles. The highest BCUT2D eigenvalue weighted by atomic mass is 35.5. The lowest BCUT2D eigenvalue weighted by Gasteiger charge is -2.25. The number of alkyl halides is 1. The van der Waals surface area contributed by atoms with Crippen molar-refractivity contribution in [2.24, 2.45) is 5.41 Å². The molecule has 0 saturated carbocycles. The van der Waals surface area contributed by atoms with Gasteiger partial charge in [-0.2, -0.15) is 0 Å². The Labute approximate surface area is 112 Å². The summed E-state index contributed by atoms with van der Waals surface area (Å²) in [5.41, 5.74) is 0.895. The second-order valence-electron chi connectivity index (χ2n) is 5.30. The first-order valence-electron chi connectivity index (χ1n) is 5.71. The van der Waals surface area contributed by atoms with E-state index < -0.39 is 4.92 Å². The third-order valence-corrected chi connectivity index (χ3v) is 3.60. The highest BCUT2D eigenvalue weighted by Gasteiger charge is 2.23. The van der Waals surface area contributed by atoms with E-state index in [0.29, 0.717) is 6.42 Å². The summed E-state index contributed by atoms with van der Waals surface area (Å²) < 4.78 is 5.03. The van der Waals surface area contributed by atoms with Crippen molar-refractivity contribution in [2.45, 2.75) is 32.6 Å². The van der Waals surface area contributed by atoms with Crippen molar-refractivity contribution in [3.05, 3.63) is 33.9 Å². The molecule has 0 radical (unpaired) electrons. The standard InChI is InChI=1S/C13H18ClNO3/c1-13(2,3)12(14)8-9-5-6-10(15(16)17)11(7-9)18-4/h5-7,12H,8H2,1-4H3. The van der Waals surface area contributed by atoms with Crippen LogP contribution in [0.25, 0.3) is 0 Å². The highest BCUT2D eigenvalue weighted by Crippen LogP contribution is 2.31. The van der Waals surface area contributed by atoms with Gasteiger partial charge in [-0.1, -0.05) is 26.8 Å². The minimum absolute atomic E-state index is 0.0173. The largest absolute Gasteiger partial charge is 0.490 e. The number of hydrogen-bond donors (Lipinski definition) is 0. The van der Waals surface area contributed by atoms with E-state index in [0.717, 1.165) is 5.56 Å². The van der Waals surface area contributed by atoms with Crippen molar-refractivity contribution in [3.63, 3.8) is 0 Å². The predicted molar refractivity (Wildman–Crippen MR) is 72.4 cm³/mol. The van der Waals surface area contributed by atoms with Crippen molar-refractivity contribution in [2.75, 3.05) is 7.11 Å². The molecule has 0 bridgehead atoms. The minimum Gasteiger partial charge on any atom is -0.490 e. The van der Waals surface area contributed by atoms with E-state index in [4.69, 9.17) is 16.3 Å². The molecular weight excluding hydrogens is 254 g/mol. The number of methoxy groups -OCH3 is 1. The molecule has 100 valence electrons. The Balaban J connectivity index is 2.96. The van der Waals surface area contributed by atoms with Crippen LogP contribution in [0.1, 0.15) is 26.3 Å². The van der Waals surface area contributed by atoms with Gasteiger partial charge in [0.15, 0.2) is 5.75 Å². The van der Waals surface area contributed by atoms with Gasteiger partial charge >= 0.3 is 5.69 Å². The molecule has 1 atom stereocenters. The van der Waals surface area contributed by atoms with E-state index in [1.807, 2.05) is 0 Å². The summed E-state index contributed by atoms with van der Waals surface area (Å²) in [6.45, 7) is 6.19. The van der Waals surface area contributed by atoms with Crippen LogP contribution in [0, 0.1) is 15.5 Å². The highest BCUT2D eigenvalue weighted by molar-refractivity contribution is 6.21. The molecule has 0 N–H and O–H groups in total. The van der Waals surface area contributed by atoms with E-state index in [1.54, 1.807) is 12.1 Å². The van der Waals surface area contributed by atoms with Crippen molar-refractivity contribution in [1.29, 1.82) is 0 Å². The summed E-state index contributed by atoms with van der Waals surface area (Å²) in [7, 11) is 1.42. The van der Waals surface area contributed by atoms with E-state index in [2.05, 4.69) is 20.8 Å². The molecular formula is C13H18ClNO3. The van der Waals surface area contributed by atoms with Gasteiger partial charge in [0, 0.05) is 11.4 Å². The lowest BCUT2D eigenvalue weighted by atomic mass is 9.88. The first kappa shape index (κ1) is 14.8. The van der Waals surface area contributed by atoms with Crippen molar-refractivity contribution in [1.82, 2.24) is 0 Å². The molecule has 18 heavy (non-hydrogen) atoms. The number of benzene rings is 1. The van der Waals surface area contributed by atoms with Crippen molar-refractivity contribution in [3.8, 4) is 5.75 Å². The summed E-state index contributed by atoms with van der Waals surface area (Å²) in [5.74, 6) is 0.273. The maximum absolute atomic E-state index is 10.8. The number of nitro groups is 1. The zero-order valence-electron chi connectivity index (χ0n) is 11.1. The fourth-order valence-electron chi connectivity index (χ4n) is 1.51. The average Bonchev–Trinajstić information content (AvgIpc) is 2.27. The number of hydrogen-bond acceptors (Lipinski definition) is 3. The van der Waals surface area contributed by atoms with E-state index in [1.165, 1.54) is 13.2 Å². The van der Waals surface area contributed by atoms with Crippen LogP contribution < -0.4 is 4.74 Å². The number of nitrogens with zero attached hydrogens (tertiary/aromatic N) is 1. The fraction of sp³-hybridized carbons (Fsp3) is 0.538. The summed E-state index contributed by atoms with van der Waals surface area (Å²) in [6.07, 6.45) is 0.652. The topological polar surface area (TPSA) is 52.4 Å². The predicted octanol–water partition coefficient (Wildman–Crippen LogP) is 3.80. The lowest BCUT2D eigenvalue weighted by Crippen LogP contribution is -2.22. The number of halogens is 1. The average molecular weight is 272 g/mol. The molecule has 0 amide bonds. The van der Waals surface area contributed by atoms with Crippen LogP contribution in [0.4, 0.5) is 5.69 Å². The summed E-state index contributed by atoms with van der Waals surface area (Å²) >= 11 is 6.31. The number of nitro benzene ring substituents is 1. The smallest absolute Gasteiger partial charge is 0.310 e. The first-order valence-corrected chi connectivity index (χ1v) is 6.14. The Morgan fingerprint density at radius 1 is 1.44 bits per heavy atom. The quantitative estimate of drug-likeness (QED) is 0.475. The number of ether oxygens (including phenoxy) is 1. The summed E-state index contributed by atoms with van der Waals surface area (Å²) in [5, 5.41) is 10.7. The van der Waals surface area contributed by atoms with E-state index in [-0.39, 0.29) is 22.2 Å². The Kier molecular flexibility index (Phi) is 4.57. The van der Waals surface area contributed by atoms with Crippen LogP contribution in [-0.2, 0) is 6.42 Å². The molecule has 0 aliphatic heterocycles. The van der Waals surface area contributed by atoms with Gasteiger partial charge in [0.2, 0.25) is 0 Å². The molecule has 1 unspecified atom stereocenters. The Bertz CT molecular complexity index is 440. The van der Waals surface area contributed by atoms with Crippen LogP contribution in [0.5, 0.6) is 5.75 Å². The molecule has 0 aromatic heterocycles. The molecule has 0 heterocycles. The molecule has 0 spiro atoms. The molecule has 5 heteroatoms. The Morgan fingerprint density at radius 2 is 2.06 bits per heavy atom. The minimum atomic E-state index is -0.454. The van der Waals surface area contributed by atoms with Crippen LogP contribution in [0.2, 0.25) is 0 Å². The summed E-state index contributed by atoms with van der Waals surface area (Å²) in [6, 6.07) is 4.86. The molecule has 0 saturated heterocycles. The SMILES string of the molecule is COc1cc(CC(Cl)C(C)(C)C)ccc1[N+](=O)[O-]. The van der Waals surface area contributed by atoms with Crippen LogP contribution in [0.3, 0.4) is 0 Å². The molecule has 1 aromatic carbocycles. The van der Waals surface area contributed by atoms with Gasteiger partial charge in [-0.05, 0) is 23.5 Å². The normalized spacial score (nSPS) is 13.2. The Hall–Kier alpha value is -1.29. The maximum atomic E-state index is 10.8. The zero-order chi connectivity index (χ0) is 13.9. The van der Waals surface area contributed by atoms with Gasteiger partial charge in [-0.25, -0.2) is 0 Å². The summed E-state index contributed by atoms with van der Waals surface area (Å²) in [4.78, 5) is 10.3. The van der Waals surface area contributed by atoms with Gasteiger partial charge in [0.05, 0.1) is 12.0 Å². The molecule has 4 nitrogen and oxygen atoms in total. The van der Waals surface area contributed by atoms with Gasteiger partial charge in [-0.15, -0.1) is 11.6 Å². The molecule has 0 fully saturated rings. The van der Waals surface area contributed by atoms with Gasteiger partial charge < -0.3 is 4.74 Å². The molecule has 1 aromatic rings. The maximum Gasteiger partial charge on any atom is 0.310 e. The van der Waals surface area contributed by atoms with E-state index in [9.17, 15) is 10.1 Å². The van der Waals surface area contributed by atoms with Gasteiger partial charge in [0.25, 0.3) is 0 Å². The molecule has 1 rings (SSSR count). The first-order chi connectivity index (χ1) is 8.25. The van der Waals surface area contributed by atoms with Gasteiger partial charge in [-0.3, -0.25) is 10.1 Å². The number of rotatable bonds is 4.